The summed E-state index contributed by atoms with van der Waals surface area (Å²) >= 11 is 10.8. The first-order chi connectivity index (χ1) is 9.02. The molecule has 3 nitrogen and oxygen atoms in total. The summed E-state index contributed by atoms with van der Waals surface area (Å²) in [7, 11) is 1.54. The summed E-state index contributed by atoms with van der Waals surface area (Å²) < 4.78 is 5.92. The Bertz CT molecular complexity index is 627. The molecule has 0 aliphatic rings. The Balaban J connectivity index is 2.27. The lowest BCUT2D eigenvalue weighted by Crippen LogP contribution is -2.11. The zero-order valence-electron chi connectivity index (χ0n) is 10.3. The summed E-state index contributed by atoms with van der Waals surface area (Å²) in [6, 6.07) is 5.35. The molecule has 1 heterocycles. The Hall–Kier alpha value is -1.04. The van der Waals surface area contributed by atoms with Gasteiger partial charge in [0.1, 0.15) is 10.6 Å². The van der Waals surface area contributed by atoms with Crippen LogP contribution in [0.3, 0.4) is 0 Å². The number of amides is 1. The monoisotopic (exact) mass is 359 g/mol. The molecule has 0 bridgehead atoms. The van der Waals surface area contributed by atoms with E-state index in [0.29, 0.717) is 21.3 Å². The van der Waals surface area contributed by atoms with Crippen LogP contribution in [0, 0.1) is 6.92 Å². The number of aryl methyl sites for hydroxylation is 1. The minimum atomic E-state index is -0.215. The molecule has 0 saturated carbocycles. The van der Waals surface area contributed by atoms with Gasteiger partial charge in [0, 0.05) is 9.50 Å². The van der Waals surface area contributed by atoms with Gasteiger partial charge in [0.05, 0.1) is 12.8 Å². The highest BCUT2D eigenvalue weighted by atomic mass is 79.9. The first-order valence-electron chi connectivity index (χ1n) is 5.41. The number of hydrogen-bond donors (Lipinski definition) is 1. The number of rotatable bonds is 3. The third-order valence-corrected chi connectivity index (χ3v) is 4.51. The fourth-order valence-electron chi connectivity index (χ4n) is 1.54. The number of carbonyl (C=O) groups is 1. The van der Waals surface area contributed by atoms with Crippen molar-refractivity contribution in [3.63, 3.8) is 0 Å². The van der Waals surface area contributed by atoms with Gasteiger partial charge in [0.15, 0.2) is 0 Å². The summed E-state index contributed by atoms with van der Waals surface area (Å²) in [5.41, 5.74) is 1.58. The molecule has 0 spiro atoms. The SMILES string of the molecule is COc1ccsc1C(=O)Nc1cc(Cl)c(C)cc1Br. The molecule has 0 atom stereocenters. The van der Waals surface area contributed by atoms with Crippen LogP contribution in [0.25, 0.3) is 0 Å². The maximum absolute atomic E-state index is 12.2. The van der Waals surface area contributed by atoms with Gasteiger partial charge in [-0.1, -0.05) is 11.6 Å². The Kier molecular flexibility index (Phi) is 4.50. The average Bonchev–Trinajstić information content (AvgIpc) is 2.84. The van der Waals surface area contributed by atoms with Crippen molar-refractivity contribution in [1.29, 1.82) is 0 Å². The zero-order chi connectivity index (χ0) is 14.0. The predicted octanol–water partition coefficient (Wildman–Crippen LogP) is 4.73. The van der Waals surface area contributed by atoms with E-state index >= 15 is 0 Å². The predicted molar refractivity (Wildman–Crippen MR) is 82.7 cm³/mol. The van der Waals surface area contributed by atoms with Crippen LogP contribution < -0.4 is 10.1 Å². The first-order valence-corrected chi connectivity index (χ1v) is 7.46. The van der Waals surface area contributed by atoms with Crippen molar-refractivity contribution in [3.05, 3.63) is 43.5 Å². The van der Waals surface area contributed by atoms with Crippen LogP contribution in [0.4, 0.5) is 5.69 Å². The van der Waals surface area contributed by atoms with Crippen molar-refractivity contribution < 1.29 is 9.53 Å². The average molecular weight is 361 g/mol. The van der Waals surface area contributed by atoms with Crippen molar-refractivity contribution in [2.24, 2.45) is 0 Å². The Labute approximate surface area is 128 Å². The number of benzene rings is 1. The van der Waals surface area contributed by atoms with E-state index in [9.17, 15) is 4.79 Å². The van der Waals surface area contributed by atoms with Gasteiger partial charge < -0.3 is 10.1 Å². The standard InChI is InChI=1S/C13H11BrClNO2S/c1-7-5-8(14)10(6-9(7)15)16-13(17)12-11(18-2)3-4-19-12/h3-6H,1-2H3,(H,16,17). The molecule has 1 aromatic carbocycles. The van der Waals surface area contributed by atoms with E-state index in [1.807, 2.05) is 18.4 Å². The highest BCUT2D eigenvalue weighted by Crippen LogP contribution is 2.31. The van der Waals surface area contributed by atoms with E-state index in [1.54, 1.807) is 12.1 Å². The smallest absolute Gasteiger partial charge is 0.269 e. The Morgan fingerprint density at radius 1 is 1.47 bits per heavy atom. The van der Waals surface area contributed by atoms with Gasteiger partial charge >= 0.3 is 0 Å². The fourth-order valence-corrected chi connectivity index (χ4v) is 3.02. The van der Waals surface area contributed by atoms with Crippen LogP contribution in [-0.2, 0) is 0 Å². The normalized spacial score (nSPS) is 10.3. The third-order valence-electron chi connectivity index (χ3n) is 2.55. The maximum atomic E-state index is 12.2. The summed E-state index contributed by atoms with van der Waals surface area (Å²) in [6.45, 7) is 1.90. The number of nitrogens with one attached hydrogen (secondary N) is 1. The van der Waals surface area contributed by atoms with Gasteiger partial charge in [-0.3, -0.25) is 4.79 Å². The Morgan fingerprint density at radius 2 is 2.21 bits per heavy atom. The van der Waals surface area contributed by atoms with Crippen molar-refractivity contribution in [3.8, 4) is 5.75 Å². The molecule has 0 radical (unpaired) electrons. The molecular formula is C13H11BrClNO2S. The number of halogens is 2. The lowest BCUT2D eigenvalue weighted by atomic mass is 10.2. The number of carbonyl (C=O) groups excluding carboxylic acids is 1. The highest BCUT2D eigenvalue weighted by Gasteiger charge is 2.15. The van der Waals surface area contributed by atoms with Gasteiger partial charge in [-0.25, -0.2) is 0 Å². The van der Waals surface area contributed by atoms with Crippen molar-refractivity contribution in [2.45, 2.75) is 6.92 Å². The molecule has 0 aliphatic carbocycles. The molecule has 1 amide bonds. The maximum Gasteiger partial charge on any atom is 0.269 e. The van der Waals surface area contributed by atoms with Crippen molar-refractivity contribution >= 4 is 50.5 Å². The number of thiophene rings is 1. The van der Waals surface area contributed by atoms with E-state index in [4.69, 9.17) is 16.3 Å². The topological polar surface area (TPSA) is 38.3 Å². The van der Waals surface area contributed by atoms with Gasteiger partial charge in [-0.2, -0.15) is 0 Å². The molecule has 0 aliphatic heterocycles. The van der Waals surface area contributed by atoms with E-state index in [1.165, 1.54) is 18.4 Å². The third kappa shape index (κ3) is 3.11. The van der Waals surface area contributed by atoms with Crippen LogP contribution in [0.15, 0.2) is 28.1 Å². The molecule has 1 aromatic heterocycles. The lowest BCUT2D eigenvalue weighted by molar-refractivity contribution is 0.102. The van der Waals surface area contributed by atoms with Gasteiger partial charge in [-0.05, 0) is 52.0 Å². The fraction of sp³-hybridized carbons (Fsp3) is 0.154. The number of hydrogen-bond acceptors (Lipinski definition) is 3. The number of ether oxygens (including phenoxy) is 1. The van der Waals surface area contributed by atoms with E-state index in [-0.39, 0.29) is 5.91 Å². The zero-order valence-corrected chi connectivity index (χ0v) is 13.4. The molecule has 2 rings (SSSR count). The van der Waals surface area contributed by atoms with Crippen molar-refractivity contribution in [1.82, 2.24) is 0 Å². The summed E-state index contributed by atoms with van der Waals surface area (Å²) in [6.07, 6.45) is 0. The summed E-state index contributed by atoms with van der Waals surface area (Å²) in [5, 5.41) is 5.23. The quantitative estimate of drug-likeness (QED) is 0.859. The van der Waals surface area contributed by atoms with Crippen molar-refractivity contribution in [2.75, 3.05) is 12.4 Å². The molecule has 6 heteroatoms. The molecule has 1 N–H and O–H groups in total. The lowest BCUT2D eigenvalue weighted by Gasteiger charge is -2.09. The van der Waals surface area contributed by atoms with Gasteiger partial charge in [-0.15, -0.1) is 11.3 Å². The number of anilines is 1. The summed E-state index contributed by atoms with van der Waals surface area (Å²) in [4.78, 5) is 12.7. The van der Waals surface area contributed by atoms with Gasteiger partial charge in [0.25, 0.3) is 5.91 Å². The highest BCUT2D eigenvalue weighted by molar-refractivity contribution is 9.10. The molecule has 19 heavy (non-hydrogen) atoms. The molecule has 2 aromatic rings. The van der Waals surface area contributed by atoms with Crippen LogP contribution in [-0.4, -0.2) is 13.0 Å². The minimum Gasteiger partial charge on any atom is -0.495 e. The minimum absolute atomic E-state index is 0.215. The van der Waals surface area contributed by atoms with Crippen LogP contribution in [0.2, 0.25) is 5.02 Å². The molecule has 0 unspecified atom stereocenters. The second-order valence-corrected chi connectivity index (χ2v) is 6.03. The van der Waals surface area contributed by atoms with E-state index < -0.39 is 0 Å². The molecule has 100 valence electrons. The van der Waals surface area contributed by atoms with Crippen LogP contribution >= 0.6 is 38.9 Å². The van der Waals surface area contributed by atoms with Crippen LogP contribution in [0.5, 0.6) is 5.75 Å². The first kappa shape index (κ1) is 14.4. The van der Waals surface area contributed by atoms with Gasteiger partial charge in [0.2, 0.25) is 0 Å². The largest absolute Gasteiger partial charge is 0.495 e. The van der Waals surface area contributed by atoms with Crippen LogP contribution in [0.1, 0.15) is 15.2 Å². The molecule has 0 saturated heterocycles. The molecule has 0 fully saturated rings. The Morgan fingerprint density at radius 3 is 2.89 bits per heavy atom. The second kappa shape index (κ2) is 5.94. The summed E-state index contributed by atoms with van der Waals surface area (Å²) in [5.74, 6) is 0.351. The van der Waals surface area contributed by atoms with E-state index in [0.717, 1.165) is 10.0 Å². The second-order valence-electron chi connectivity index (χ2n) is 3.85. The molecular weight excluding hydrogens is 350 g/mol. The number of methoxy groups -OCH3 is 1. The van der Waals surface area contributed by atoms with E-state index in [2.05, 4.69) is 21.2 Å².